The number of aliphatic carboxylic acids is 1. The molecule has 2 aromatic rings. The fourth-order valence-corrected chi connectivity index (χ4v) is 4.68. The summed E-state index contributed by atoms with van der Waals surface area (Å²) >= 11 is 6.42. The van der Waals surface area contributed by atoms with Crippen molar-refractivity contribution in [2.45, 2.75) is 46.1 Å². The summed E-state index contributed by atoms with van der Waals surface area (Å²) in [5.41, 5.74) is 1.35. The highest BCUT2D eigenvalue weighted by atomic mass is 32.2. The van der Waals surface area contributed by atoms with Gasteiger partial charge in [0, 0.05) is 32.3 Å². The van der Waals surface area contributed by atoms with Crippen molar-refractivity contribution in [1.82, 2.24) is 14.3 Å². The van der Waals surface area contributed by atoms with E-state index in [1.165, 1.54) is 15.4 Å². The molecule has 3 heterocycles. The van der Waals surface area contributed by atoms with Crippen LogP contribution in [0.1, 0.15) is 44.2 Å². The van der Waals surface area contributed by atoms with Gasteiger partial charge in [-0.3, -0.25) is 23.7 Å². The van der Waals surface area contributed by atoms with Gasteiger partial charge in [-0.2, -0.15) is 0 Å². The lowest BCUT2D eigenvalue weighted by Crippen LogP contribution is -2.29. The predicted octanol–water partition coefficient (Wildman–Crippen LogP) is 3.30. The molecule has 1 aliphatic heterocycles. The molecule has 1 fully saturated rings. The van der Waals surface area contributed by atoms with E-state index in [-0.39, 0.29) is 36.1 Å². The standard InChI is InChI=1S/C23H28N4O5S2/c1-14(2)32-12-6-9-24-19-16(21(30)26-10-4-7-15(3)20(26)25-19)13-17-22(31)27(23(33)34-17)11-5-8-18(28)29/h4,7,10,13-14,24H,5-6,8-9,11-12H2,1-3H3,(H,28,29)/b17-13-. The smallest absolute Gasteiger partial charge is 0.303 e. The Bertz CT molecular complexity index is 1190. The third-order valence-corrected chi connectivity index (χ3v) is 6.45. The fourth-order valence-electron chi connectivity index (χ4n) is 3.39. The number of carboxylic acid groups (broad SMARTS) is 1. The van der Waals surface area contributed by atoms with Crippen molar-refractivity contribution in [3.05, 3.63) is 44.7 Å². The van der Waals surface area contributed by atoms with E-state index >= 15 is 0 Å². The Morgan fingerprint density at radius 2 is 2.12 bits per heavy atom. The molecule has 0 saturated carbocycles. The summed E-state index contributed by atoms with van der Waals surface area (Å²) in [4.78, 5) is 43.5. The van der Waals surface area contributed by atoms with Crippen LogP contribution in [-0.2, 0) is 14.3 Å². The van der Waals surface area contributed by atoms with Gasteiger partial charge in [-0.15, -0.1) is 0 Å². The molecule has 0 bridgehead atoms. The van der Waals surface area contributed by atoms with Gasteiger partial charge in [0.25, 0.3) is 11.5 Å². The maximum Gasteiger partial charge on any atom is 0.303 e. The van der Waals surface area contributed by atoms with E-state index in [0.29, 0.717) is 40.3 Å². The van der Waals surface area contributed by atoms with E-state index in [9.17, 15) is 14.4 Å². The van der Waals surface area contributed by atoms with E-state index < -0.39 is 5.97 Å². The van der Waals surface area contributed by atoms with Crippen LogP contribution in [0.3, 0.4) is 0 Å². The molecule has 3 rings (SSSR count). The summed E-state index contributed by atoms with van der Waals surface area (Å²) in [6, 6.07) is 3.65. The molecule has 1 amide bonds. The van der Waals surface area contributed by atoms with Crippen LogP contribution in [0.25, 0.3) is 11.7 Å². The molecule has 0 unspecified atom stereocenters. The van der Waals surface area contributed by atoms with Crippen molar-refractivity contribution in [2.24, 2.45) is 0 Å². The third kappa shape index (κ3) is 6.22. The van der Waals surface area contributed by atoms with E-state index in [0.717, 1.165) is 23.7 Å². The van der Waals surface area contributed by atoms with Crippen LogP contribution in [0.4, 0.5) is 5.82 Å². The highest BCUT2D eigenvalue weighted by molar-refractivity contribution is 8.26. The van der Waals surface area contributed by atoms with Gasteiger partial charge in [-0.1, -0.05) is 30.0 Å². The van der Waals surface area contributed by atoms with Crippen LogP contribution < -0.4 is 10.9 Å². The molecule has 1 aliphatic rings. The Hall–Kier alpha value is -2.76. The van der Waals surface area contributed by atoms with Crippen LogP contribution in [0, 0.1) is 6.92 Å². The zero-order valence-corrected chi connectivity index (χ0v) is 21.0. The molecule has 11 heteroatoms. The highest BCUT2D eigenvalue weighted by Gasteiger charge is 2.32. The summed E-state index contributed by atoms with van der Waals surface area (Å²) in [6.45, 7) is 7.14. The molecule has 0 aliphatic carbocycles. The number of ether oxygens (including phenoxy) is 1. The van der Waals surface area contributed by atoms with Crippen LogP contribution in [0.2, 0.25) is 0 Å². The number of amides is 1. The summed E-state index contributed by atoms with van der Waals surface area (Å²) in [6.07, 6.45) is 4.26. The first kappa shape index (κ1) is 25.9. The molecule has 2 N–H and O–H groups in total. The van der Waals surface area contributed by atoms with Gasteiger partial charge in [-0.05, 0) is 51.3 Å². The van der Waals surface area contributed by atoms with Crippen LogP contribution in [0.15, 0.2) is 28.0 Å². The van der Waals surface area contributed by atoms with Gasteiger partial charge < -0.3 is 15.2 Å². The zero-order valence-electron chi connectivity index (χ0n) is 19.4. The predicted molar refractivity (Wildman–Crippen MR) is 137 cm³/mol. The number of hydrogen-bond donors (Lipinski definition) is 2. The number of nitrogens with zero attached hydrogens (tertiary/aromatic N) is 3. The van der Waals surface area contributed by atoms with E-state index in [1.54, 1.807) is 12.3 Å². The van der Waals surface area contributed by atoms with Crippen molar-refractivity contribution in [1.29, 1.82) is 0 Å². The normalized spacial score (nSPS) is 15.2. The lowest BCUT2D eigenvalue weighted by Gasteiger charge is -2.14. The summed E-state index contributed by atoms with van der Waals surface area (Å²) in [5, 5.41) is 12.1. The third-order valence-electron chi connectivity index (χ3n) is 5.07. The average molecular weight is 505 g/mol. The van der Waals surface area contributed by atoms with E-state index in [4.69, 9.17) is 22.1 Å². The summed E-state index contributed by atoms with van der Waals surface area (Å²) in [5.74, 6) is -0.883. The SMILES string of the molecule is Cc1cccn2c(=O)c(/C=C3\SC(=S)N(CCCC(=O)O)C3=O)c(NCCCOC(C)C)nc12. The quantitative estimate of drug-likeness (QED) is 0.270. The van der Waals surface area contributed by atoms with Gasteiger partial charge in [0.2, 0.25) is 0 Å². The first-order chi connectivity index (χ1) is 16.2. The van der Waals surface area contributed by atoms with Gasteiger partial charge in [0.1, 0.15) is 15.8 Å². The molecule has 0 radical (unpaired) electrons. The second-order valence-corrected chi connectivity index (χ2v) is 9.77. The van der Waals surface area contributed by atoms with Crippen LogP contribution in [0.5, 0.6) is 0 Å². The number of carbonyl (C=O) groups excluding carboxylic acids is 1. The fraction of sp³-hybridized carbons (Fsp3) is 0.435. The zero-order chi connectivity index (χ0) is 24.8. The Labute approximate surface area is 207 Å². The number of pyridine rings is 1. The average Bonchev–Trinajstić information content (AvgIpc) is 3.03. The van der Waals surface area contributed by atoms with Crippen molar-refractivity contribution in [3.63, 3.8) is 0 Å². The highest BCUT2D eigenvalue weighted by Crippen LogP contribution is 2.33. The number of aromatic nitrogens is 2. The lowest BCUT2D eigenvalue weighted by molar-refractivity contribution is -0.137. The molecule has 182 valence electrons. The Kier molecular flexibility index (Phi) is 8.81. The van der Waals surface area contributed by atoms with Crippen molar-refractivity contribution >= 4 is 57.7 Å². The number of carboxylic acids is 1. The second-order valence-electron chi connectivity index (χ2n) is 8.09. The Balaban J connectivity index is 1.92. The van der Waals surface area contributed by atoms with Gasteiger partial charge in [-0.25, -0.2) is 4.98 Å². The molecule has 0 spiro atoms. The number of thioether (sulfide) groups is 1. The molecule has 1 saturated heterocycles. The molecule has 0 atom stereocenters. The molecular weight excluding hydrogens is 476 g/mol. The minimum absolute atomic E-state index is 0.0556. The first-order valence-electron chi connectivity index (χ1n) is 11.0. The first-order valence-corrected chi connectivity index (χ1v) is 12.3. The van der Waals surface area contributed by atoms with Crippen LogP contribution in [-0.4, -0.2) is 61.4 Å². The monoisotopic (exact) mass is 504 g/mol. The van der Waals surface area contributed by atoms with Gasteiger partial charge >= 0.3 is 5.97 Å². The number of anilines is 1. The summed E-state index contributed by atoms with van der Waals surface area (Å²) < 4.78 is 7.37. The van der Waals surface area contributed by atoms with Gasteiger partial charge in [0.15, 0.2) is 0 Å². The maximum atomic E-state index is 13.4. The number of rotatable bonds is 11. The van der Waals surface area contributed by atoms with Crippen LogP contribution >= 0.6 is 24.0 Å². The molecule has 0 aromatic carbocycles. The number of nitrogens with one attached hydrogen (secondary N) is 1. The lowest BCUT2D eigenvalue weighted by atomic mass is 10.2. The van der Waals surface area contributed by atoms with E-state index in [2.05, 4.69) is 10.3 Å². The van der Waals surface area contributed by atoms with Crippen molar-refractivity contribution in [3.8, 4) is 0 Å². The maximum absolute atomic E-state index is 13.4. The second kappa shape index (κ2) is 11.6. The minimum Gasteiger partial charge on any atom is -0.481 e. The molecule has 34 heavy (non-hydrogen) atoms. The van der Waals surface area contributed by atoms with Crippen molar-refractivity contribution < 1.29 is 19.4 Å². The number of hydrogen-bond acceptors (Lipinski definition) is 8. The Morgan fingerprint density at radius 3 is 2.82 bits per heavy atom. The molecule has 9 nitrogen and oxygen atoms in total. The largest absolute Gasteiger partial charge is 0.481 e. The number of fused-ring (bicyclic) bond motifs is 1. The molecular formula is C23H28N4O5S2. The molecule has 2 aromatic heterocycles. The number of carbonyl (C=O) groups is 2. The minimum atomic E-state index is -0.930. The number of aryl methyl sites for hydroxylation is 1. The van der Waals surface area contributed by atoms with Crippen molar-refractivity contribution in [2.75, 3.05) is 25.0 Å². The summed E-state index contributed by atoms with van der Waals surface area (Å²) in [7, 11) is 0. The van der Waals surface area contributed by atoms with E-state index in [1.807, 2.05) is 26.8 Å². The Morgan fingerprint density at radius 1 is 1.35 bits per heavy atom. The van der Waals surface area contributed by atoms with Gasteiger partial charge in [0.05, 0.1) is 16.6 Å². The topological polar surface area (TPSA) is 113 Å². The number of thiocarbonyl (C=S) groups is 1.